The molecule has 3 aliphatic rings. The van der Waals surface area contributed by atoms with Gasteiger partial charge in [-0.1, -0.05) is 0 Å². The van der Waals surface area contributed by atoms with E-state index in [1.54, 1.807) is 0 Å². The first-order chi connectivity index (χ1) is 6.36. The number of fused-ring (bicyclic) bond motifs is 1. The van der Waals surface area contributed by atoms with Gasteiger partial charge in [0.25, 0.3) is 0 Å². The fraction of sp³-hybridized carbons (Fsp3) is 0.900. The molecule has 0 radical (unpaired) electrons. The number of nitrogens with zero attached hydrogens (tertiary/aromatic N) is 1. The molecular weight excluding hydrogens is 166 g/mol. The molecule has 13 heavy (non-hydrogen) atoms. The molecule has 0 aromatic rings. The van der Waals surface area contributed by atoms with E-state index in [9.17, 15) is 4.79 Å². The molecule has 72 valence electrons. The lowest BCUT2D eigenvalue weighted by atomic mass is 9.94. The number of carbonyl (C=O) groups is 1. The molecule has 1 amide bonds. The Kier molecular flexibility index (Phi) is 1.62. The molecule has 2 heterocycles. The van der Waals surface area contributed by atoms with Crippen LogP contribution in [-0.2, 0) is 9.53 Å². The Hall–Kier alpha value is -0.570. The lowest BCUT2D eigenvalue weighted by Crippen LogP contribution is -2.42. The summed E-state index contributed by atoms with van der Waals surface area (Å²) in [7, 11) is 0. The van der Waals surface area contributed by atoms with Crippen LogP contribution in [0.15, 0.2) is 0 Å². The average molecular weight is 181 g/mol. The van der Waals surface area contributed by atoms with Gasteiger partial charge in [-0.3, -0.25) is 4.79 Å². The van der Waals surface area contributed by atoms with Crippen LogP contribution in [0.3, 0.4) is 0 Å². The zero-order valence-electron chi connectivity index (χ0n) is 7.74. The van der Waals surface area contributed by atoms with Crippen LogP contribution in [-0.4, -0.2) is 35.6 Å². The zero-order chi connectivity index (χ0) is 8.84. The van der Waals surface area contributed by atoms with Crippen LogP contribution in [0.1, 0.15) is 32.1 Å². The van der Waals surface area contributed by atoms with E-state index in [1.807, 2.05) is 0 Å². The van der Waals surface area contributed by atoms with Gasteiger partial charge in [0.05, 0.1) is 12.1 Å². The summed E-state index contributed by atoms with van der Waals surface area (Å²) >= 11 is 0. The highest BCUT2D eigenvalue weighted by Gasteiger charge is 2.50. The molecule has 3 rings (SSSR count). The number of carbonyl (C=O) groups excluding carboxylic acids is 1. The smallest absolute Gasteiger partial charge is 0.222 e. The van der Waals surface area contributed by atoms with Crippen LogP contribution in [0.4, 0.5) is 0 Å². The van der Waals surface area contributed by atoms with Crippen molar-refractivity contribution in [3.63, 3.8) is 0 Å². The molecule has 3 atom stereocenters. The van der Waals surface area contributed by atoms with Crippen LogP contribution in [0.5, 0.6) is 0 Å². The van der Waals surface area contributed by atoms with Gasteiger partial charge >= 0.3 is 0 Å². The van der Waals surface area contributed by atoms with Gasteiger partial charge in [-0.05, 0) is 25.7 Å². The molecule has 0 unspecified atom stereocenters. The zero-order valence-corrected chi connectivity index (χ0v) is 7.74. The molecule has 2 saturated heterocycles. The normalized spacial score (nSPS) is 43.5. The maximum atomic E-state index is 11.5. The third-order valence-electron chi connectivity index (χ3n) is 3.50. The Balaban J connectivity index is 1.73. The fourth-order valence-electron chi connectivity index (χ4n) is 2.77. The highest BCUT2D eigenvalue weighted by atomic mass is 16.6. The molecule has 1 aliphatic carbocycles. The molecule has 0 spiro atoms. The van der Waals surface area contributed by atoms with E-state index >= 15 is 0 Å². The van der Waals surface area contributed by atoms with Crippen molar-refractivity contribution >= 4 is 5.91 Å². The van der Waals surface area contributed by atoms with Crippen molar-refractivity contribution in [2.75, 3.05) is 6.54 Å². The molecule has 3 heteroatoms. The summed E-state index contributed by atoms with van der Waals surface area (Å²) in [6, 6.07) is 0.425. The molecule has 1 saturated carbocycles. The van der Waals surface area contributed by atoms with Gasteiger partial charge in [0.1, 0.15) is 6.10 Å². The van der Waals surface area contributed by atoms with Crippen molar-refractivity contribution in [3.05, 3.63) is 0 Å². The second-order valence-corrected chi connectivity index (χ2v) is 4.33. The minimum atomic E-state index is 0.348. The van der Waals surface area contributed by atoms with E-state index < -0.39 is 0 Å². The van der Waals surface area contributed by atoms with Crippen molar-refractivity contribution < 1.29 is 9.53 Å². The van der Waals surface area contributed by atoms with Gasteiger partial charge in [-0.15, -0.1) is 0 Å². The van der Waals surface area contributed by atoms with Gasteiger partial charge in [0, 0.05) is 13.0 Å². The number of epoxide rings is 1. The van der Waals surface area contributed by atoms with E-state index in [-0.39, 0.29) is 0 Å². The maximum absolute atomic E-state index is 11.5. The Bertz CT molecular complexity index is 241. The lowest BCUT2D eigenvalue weighted by Gasteiger charge is -2.28. The number of hydrogen-bond acceptors (Lipinski definition) is 2. The monoisotopic (exact) mass is 181 g/mol. The SMILES string of the molecule is O=C1CCCN1[C@H]1CCC[C@H]2O[C@H]21. The van der Waals surface area contributed by atoms with E-state index in [1.165, 1.54) is 12.8 Å². The minimum absolute atomic E-state index is 0.348. The summed E-state index contributed by atoms with van der Waals surface area (Å²) < 4.78 is 5.56. The quantitative estimate of drug-likeness (QED) is 0.564. The first kappa shape index (κ1) is 7.80. The van der Waals surface area contributed by atoms with E-state index in [2.05, 4.69) is 4.90 Å². The van der Waals surface area contributed by atoms with Gasteiger partial charge in [-0.2, -0.15) is 0 Å². The number of rotatable bonds is 1. The Morgan fingerprint density at radius 1 is 1.31 bits per heavy atom. The second-order valence-electron chi connectivity index (χ2n) is 4.33. The van der Waals surface area contributed by atoms with Gasteiger partial charge in [0.15, 0.2) is 0 Å². The van der Waals surface area contributed by atoms with Gasteiger partial charge in [0.2, 0.25) is 5.91 Å². The van der Waals surface area contributed by atoms with Crippen molar-refractivity contribution in [3.8, 4) is 0 Å². The first-order valence-electron chi connectivity index (χ1n) is 5.31. The molecule has 0 aromatic carbocycles. The number of ether oxygens (including phenoxy) is 1. The van der Waals surface area contributed by atoms with Crippen molar-refractivity contribution in [2.45, 2.75) is 50.4 Å². The topological polar surface area (TPSA) is 32.8 Å². The molecular formula is C10H15NO2. The Morgan fingerprint density at radius 3 is 3.00 bits per heavy atom. The highest BCUT2D eigenvalue weighted by Crippen LogP contribution is 2.40. The van der Waals surface area contributed by atoms with Crippen LogP contribution in [0.2, 0.25) is 0 Å². The summed E-state index contributed by atoms with van der Waals surface area (Å²) in [4.78, 5) is 13.6. The summed E-state index contributed by atoms with van der Waals surface area (Å²) in [6.07, 6.45) is 6.30. The maximum Gasteiger partial charge on any atom is 0.222 e. The number of amides is 1. The molecule has 3 nitrogen and oxygen atoms in total. The predicted octanol–water partition coefficient (Wildman–Crippen LogP) is 0.929. The third-order valence-corrected chi connectivity index (χ3v) is 3.50. The summed E-state index contributed by atoms with van der Waals surface area (Å²) in [5.74, 6) is 0.348. The standard InChI is InChI=1S/C10H15NO2/c12-9-5-2-6-11(9)7-3-1-4-8-10(7)13-8/h7-8,10H,1-6H2/t7-,8+,10-/m0/s1. The van der Waals surface area contributed by atoms with Crippen LogP contribution < -0.4 is 0 Å². The number of likely N-dealkylation sites (tertiary alicyclic amines) is 1. The van der Waals surface area contributed by atoms with Crippen LogP contribution in [0.25, 0.3) is 0 Å². The number of hydrogen-bond donors (Lipinski definition) is 0. The fourth-order valence-corrected chi connectivity index (χ4v) is 2.77. The molecule has 2 aliphatic heterocycles. The van der Waals surface area contributed by atoms with Crippen molar-refractivity contribution in [1.29, 1.82) is 0 Å². The second kappa shape index (κ2) is 2.71. The Labute approximate surface area is 78.0 Å². The van der Waals surface area contributed by atoms with Crippen molar-refractivity contribution in [2.24, 2.45) is 0 Å². The first-order valence-corrected chi connectivity index (χ1v) is 5.31. The molecule has 0 aromatic heterocycles. The third kappa shape index (κ3) is 1.17. The predicted molar refractivity (Wildman–Crippen MR) is 47.2 cm³/mol. The summed E-state index contributed by atoms with van der Waals surface area (Å²) in [6.45, 7) is 0.968. The van der Waals surface area contributed by atoms with Crippen LogP contribution in [0, 0.1) is 0 Å². The average Bonchev–Trinajstić information content (AvgIpc) is 2.82. The van der Waals surface area contributed by atoms with Crippen molar-refractivity contribution in [1.82, 2.24) is 4.90 Å². The largest absolute Gasteiger partial charge is 0.367 e. The van der Waals surface area contributed by atoms with E-state index in [0.29, 0.717) is 24.2 Å². The minimum Gasteiger partial charge on any atom is -0.367 e. The van der Waals surface area contributed by atoms with Gasteiger partial charge in [-0.25, -0.2) is 0 Å². The van der Waals surface area contributed by atoms with E-state index in [4.69, 9.17) is 4.74 Å². The van der Waals surface area contributed by atoms with Gasteiger partial charge < -0.3 is 9.64 Å². The van der Waals surface area contributed by atoms with E-state index in [0.717, 1.165) is 25.8 Å². The van der Waals surface area contributed by atoms with Crippen LogP contribution >= 0.6 is 0 Å². The summed E-state index contributed by atoms with van der Waals surface area (Å²) in [5.41, 5.74) is 0. The highest BCUT2D eigenvalue weighted by molar-refractivity contribution is 5.78. The lowest BCUT2D eigenvalue weighted by molar-refractivity contribution is -0.130. The Morgan fingerprint density at radius 2 is 2.23 bits per heavy atom. The summed E-state index contributed by atoms with van der Waals surface area (Å²) in [5, 5.41) is 0. The molecule has 0 N–H and O–H groups in total. The molecule has 0 bridgehead atoms. The molecule has 3 fully saturated rings.